The summed E-state index contributed by atoms with van der Waals surface area (Å²) < 4.78 is 4.65. The van der Waals surface area contributed by atoms with Gasteiger partial charge in [-0.25, -0.2) is 0 Å². The van der Waals surface area contributed by atoms with E-state index in [-0.39, 0.29) is 5.97 Å². The lowest BCUT2D eigenvalue weighted by Gasteiger charge is -2.34. The van der Waals surface area contributed by atoms with Crippen molar-refractivity contribution in [3.8, 4) is 0 Å². The van der Waals surface area contributed by atoms with Crippen molar-refractivity contribution in [3.05, 3.63) is 0 Å². The molecule has 1 aliphatic heterocycles. The smallest absolute Gasteiger partial charge is 0.306 e. The van der Waals surface area contributed by atoms with Crippen LogP contribution in [0.1, 0.15) is 25.7 Å². The average Bonchev–Trinajstić information content (AvgIpc) is 2.42. The van der Waals surface area contributed by atoms with Gasteiger partial charge in [0.05, 0.1) is 13.5 Å². The Bertz CT molecular complexity index is 228. The minimum Gasteiger partial charge on any atom is -0.469 e. The Balaban J connectivity index is 2.03. The minimum atomic E-state index is -0.112. The van der Waals surface area contributed by atoms with Crippen LogP contribution in [-0.2, 0) is 9.53 Å². The van der Waals surface area contributed by atoms with Gasteiger partial charge in [-0.1, -0.05) is 6.42 Å². The molecule has 5 heteroatoms. The molecule has 1 rings (SSSR count). The Morgan fingerprint density at radius 1 is 1.06 bits per heavy atom. The summed E-state index contributed by atoms with van der Waals surface area (Å²) in [6, 6.07) is 0. The third kappa shape index (κ3) is 6.33. The largest absolute Gasteiger partial charge is 0.469 e. The SMILES string of the molecule is COC(=O)CCN1CCN(CCCCCN)CC1. The van der Waals surface area contributed by atoms with Gasteiger partial charge in [0.1, 0.15) is 0 Å². The summed E-state index contributed by atoms with van der Waals surface area (Å²) in [7, 11) is 1.45. The molecule has 0 aromatic rings. The van der Waals surface area contributed by atoms with E-state index in [4.69, 9.17) is 5.73 Å². The number of nitrogens with zero attached hydrogens (tertiary/aromatic N) is 2. The van der Waals surface area contributed by atoms with Gasteiger partial charge < -0.3 is 20.3 Å². The second-order valence-electron chi connectivity index (χ2n) is 4.86. The molecule has 0 atom stereocenters. The number of carbonyl (C=O) groups is 1. The number of nitrogens with two attached hydrogens (primary N) is 1. The first-order chi connectivity index (χ1) is 8.76. The van der Waals surface area contributed by atoms with Crippen LogP contribution in [0.3, 0.4) is 0 Å². The van der Waals surface area contributed by atoms with Crippen LogP contribution in [0.15, 0.2) is 0 Å². The van der Waals surface area contributed by atoms with Gasteiger partial charge in [-0.05, 0) is 25.9 Å². The molecule has 1 fully saturated rings. The van der Waals surface area contributed by atoms with Gasteiger partial charge in [0, 0.05) is 32.7 Å². The van der Waals surface area contributed by atoms with Gasteiger partial charge in [0.25, 0.3) is 0 Å². The van der Waals surface area contributed by atoms with Gasteiger partial charge in [-0.2, -0.15) is 0 Å². The maximum absolute atomic E-state index is 11.1. The normalized spacial score (nSPS) is 17.9. The van der Waals surface area contributed by atoms with Crippen LogP contribution in [0.25, 0.3) is 0 Å². The van der Waals surface area contributed by atoms with Crippen molar-refractivity contribution >= 4 is 5.97 Å². The zero-order chi connectivity index (χ0) is 13.2. The van der Waals surface area contributed by atoms with Gasteiger partial charge in [0.2, 0.25) is 0 Å². The summed E-state index contributed by atoms with van der Waals surface area (Å²) in [5.74, 6) is -0.112. The third-order valence-electron chi connectivity index (χ3n) is 3.50. The van der Waals surface area contributed by atoms with E-state index in [0.29, 0.717) is 6.42 Å². The van der Waals surface area contributed by atoms with Crippen molar-refractivity contribution in [1.82, 2.24) is 9.80 Å². The fourth-order valence-electron chi connectivity index (χ4n) is 2.24. The lowest BCUT2D eigenvalue weighted by Crippen LogP contribution is -2.47. The van der Waals surface area contributed by atoms with E-state index in [1.807, 2.05) is 0 Å². The second-order valence-corrected chi connectivity index (χ2v) is 4.86. The summed E-state index contributed by atoms with van der Waals surface area (Å²) in [5, 5.41) is 0. The van der Waals surface area contributed by atoms with Crippen molar-refractivity contribution in [3.63, 3.8) is 0 Å². The first-order valence-corrected chi connectivity index (χ1v) is 6.98. The molecule has 18 heavy (non-hydrogen) atoms. The molecule has 5 nitrogen and oxygen atoms in total. The average molecular weight is 257 g/mol. The Kier molecular flexibility index (Phi) is 7.96. The molecule has 0 aromatic heterocycles. The number of carbonyl (C=O) groups excluding carboxylic acids is 1. The number of piperazine rings is 1. The highest BCUT2D eigenvalue weighted by atomic mass is 16.5. The van der Waals surface area contributed by atoms with Crippen LogP contribution in [-0.4, -0.2) is 68.7 Å². The zero-order valence-electron chi connectivity index (χ0n) is 11.6. The molecule has 0 amide bonds. The number of hydrogen-bond acceptors (Lipinski definition) is 5. The summed E-state index contributed by atoms with van der Waals surface area (Å²) in [6.07, 6.45) is 4.13. The third-order valence-corrected chi connectivity index (χ3v) is 3.50. The van der Waals surface area contributed by atoms with E-state index in [1.54, 1.807) is 0 Å². The molecule has 0 radical (unpaired) electrons. The van der Waals surface area contributed by atoms with Crippen molar-refractivity contribution in [2.75, 3.05) is 52.9 Å². The van der Waals surface area contributed by atoms with Crippen molar-refractivity contribution in [2.24, 2.45) is 5.73 Å². The maximum Gasteiger partial charge on any atom is 0.306 e. The van der Waals surface area contributed by atoms with Gasteiger partial charge in [-0.3, -0.25) is 4.79 Å². The highest BCUT2D eigenvalue weighted by molar-refractivity contribution is 5.69. The van der Waals surface area contributed by atoms with Crippen LogP contribution in [0, 0.1) is 0 Å². The second kappa shape index (κ2) is 9.30. The summed E-state index contributed by atoms with van der Waals surface area (Å²) in [4.78, 5) is 15.9. The van der Waals surface area contributed by atoms with Crippen LogP contribution in [0.4, 0.5) is 0 Å². The molecule has 1 heterocycles. The highest BCUT2D eigenvalue weighted by Gasteiger charge is 2.16. The van der Waals surface area contributed by atoms with E-state index in [0.717, 1.165) is 45.7 Å². The van der Waals surface area contributed by atoms with E-state index in [1.165, 1.54) is 26.5 Å². The molecule has 0 saturated carbocycles. The number of hydrogen-bond donors (Lipinski definition) is 1. The molecule has 0 unspecified atom stereocenters. The zero-order valence-corrected chi connectivity index (χ0v) is 11.6. The quantitative estimate of drug-likeness (QED) is 0.500. The molecule has 0 aromatic carbocycles. The standard InChI is InChI=1S/C13H27N3O2/c1-18-13(17)5-8-16-11-9-15(10-12-16)7-4-2-3-6-14/h2-12,14H2,1H3. The monoisotopic (exact) mass is 257 g/mol. The van der Waals surface area contributed by atoms with E-state index in [2.05, 4.69) is 14.5 Å². The Hall–Kier alpha value is -0.650. The van der Waals surface area contributed by atoms with Gasteiger partial charge in [-0.15, -0.1) is 0 Å². The summed E-state index contributed by atoms with van der Waals surface area (Å²) in [6.45, 7) is 7.18. The van der Waals surface area contributed by atoms with E-state index in [9.17, 15) is 4.79 Å². The van der Waals surface area contributed by atoms with Gasteiger partial charge in [0.15, 0.2) is 0 Å². The predicted molar refractivity (Wildman–Crippen MR) is 72.4 cm³/mol. The predicted octanol–water partition coefficient (Wildman–Crippen LogP) is 0.296. The molecule has 0 aliphatic carbocycles. The van der Waals surface area contributed by atoms with Crippen molar-refractivity contribution in [1.29, 1.82) is 0 Å². The molecule has 0 bridgehead atoms. The number of unbranched alkanes of at least 4 members (excludes halogenated alkanes) is 2. The van der Waals surface area contributed by atoms with Crippen LogP contribution >= 0.6 is 0 Å². The highest BCUT2D eigenvalue weighted by Crippen LogP contribution is 2.05. The Morgan fingerprint density at radius 2 is 1.67 bits per heavy atom. The molecular formula is C13H27N3O2. The number of esters is 1. The summed E-state index contributed by atoms with van der Waals surface area (Å²) in [5.41, 5.74) is 5.48. The van der Waals surface area contributed by atoms with Crippen LogP contribution in [0.2, 0.25) is 0 Å². The minimum absolute atomic E-state index is 0.112. The fraction of sp³-hybridized carbons (Fsp3) is 0.923. The molecule has 2 N–H and O–H groups in total. The maximum atomic E-state index is 11.1. The first-order valence-electron chi connectivity index (χ1n) is 6.98. The summed E-state index contributed by atoms with van der Waals surface area (Å²) >= 11 is 0. The van der Waals surface area contributed by atoms with E-state index >= 15 is 0 Å². The fourth-order valence-corrected chi connectivity index (χ4v) is 2.24. The topological polar surface area (TPSA) is 58.8 Å². The lowest BCUT2D eigenvalue weighted by molar-refractivity contribution is -0.141. The van der Waals surface area contributed by atoms with Crippen LogP contribution < -0.4 is 5.73 Å². The Morgan fingerprint density at radius 3 is 2.22 bits per heavy atom. The molecule has 1 saturated heterocycles. The molecule has 106 valence electrons. The van der Waals surface area contributed by atoms with E-state index < -0.39 is 0 Å². The Labute approximate surface area is 110 Å². The number of ether oxygens (including phenoxy) is 1. The van der Waals surface area contributed by atoms with Crippen molar-refractivity contribution < 1.29 is 9.53 Å². The lowest BCUT2D eigenvalue weighted by atomic mass is 10.2. The first kappa shape index (κ1) is 15.4. The molecule has 1 aliphatic rings. The number of methoxy groups -OCH3 is 1. The van der Waals surface area contributed by atoms with Crippen LogP contribution in [0.5, 0.6) is 0 Å². The van der Waals surface area contributed by atoms with Gasteiger partial charge >= 0.3 is 5.97 Å². The van der Waals surface area contributed by atoms with Crippen molar-refractivity contribution in [2.45, 2.75) is 25.7 Å². The molecule has 0 spiro atoms. The number of rotatable bonds is 8. The molecular weight excluding hydrogens is 230 g/mol.